The molecule has 1 aliphatic heterocycles. The molecule has 2 amide bonds. The lowest BCUT2D eigenvalue weighted by Gasteiger charge is -2.29. The van der Waals surface area contributed by atoms with E-state index in [1.165, 1.54) is 0 Å². The number of nitrogens with zero attached hydrogens (tertiary/aromatic N) is 3. The summed E-state index contributed by atoms with van der Waals surface area (Å²) in [7, 11) is 0. The Balaban J connectivity index is 1.76. The quantitative estimate of drug-likeness (QED) is 0.833. The highest BCUT2D eigenvalue weighted by Crippen LogP contribution is 2.22. The Kier molecular flexibility index (Phi) is 3.25. The largest absolute Gasteiger partial charge is 0.323 e. The van der Waals surface area contributed by atoms with Crippen LogP contribution in [0.5, 0.6) is 0 Å². The lowest BCUT2D eigenvalue weighted by Crippen LogP contribution is -2.42. The molecule has 1 fully saturated rings. The fourth-order valence-corrected chi connectivity index (χ4v) is 2.53. The molecule has 0 aliphatic carbocycles. The molecule has 1 aromatic heterocycles. The Morgan fingerprint density at radius 3 is 3.30 bits per heavy atom. The Morgan fingerprint density at radius 1 is 1.55 bits per heavy atom. The summed E-state index contributed by atoms with van der Waals surface area (Å²) in [5.74, 6) is -0.0579. The van der Waals surface area contributed by atoms with Crippen molar-refractivity contribution in [2.75, 3.05) is 18.4 Å². The zero-order valence-corrected chi connectivity index (χ0v) is 11.0. The third kappa shape index (κ3) is 2.30. The Labute approximate surface area is 116 Å². The second-order valence-electron chi connectivity index (χ2n) is 4.98. The third-order valence-electron chi connectivity index (χ3n) is 3.61. The van der Waals surface area contributed by atoms with Crippen molar-refractivity contribution >= 4 is 22.6 Å². The van der Waals surface area contributed by atoms with Gasteiger partial charge in [0.1, 0.15) is 0 Å². The highest BCUT2D eigenvalue weighted by Gasteiger charge is 2.23. The van der Waals surface area contributed by atoms with Crippen LogP contribution < -0.4 is 5.32 Å². The van der Waals surface area contributed by atoms with Crippen LogP contribution in [0.4, 0.5) is 10.5 Å². The number of piperidine rings is 1. The summed E-state index contributed by atoms with van der Waals surface area (Å²) in [5, 5.41) is 19.7. The number of para-hydroxylation sites is 1. The first-order chi connectivity index (χ1) is 9.78. The molecule has 0 spiro atoms. The summed E-state index contributed by atoms with van der Waals surface area (Å²) in [5.41, 5.74) is 1.53. The summed E-state index contributed by atoms with van der Waals surface area (Å²) in [6.07, 6.45) is 3.47. The predicted molar refractivity (Wildman–Crippen MR) is 75.0 cm³/mol. The van der Waals surface area contributed by atoms with Gasteiger partial charge in [-0.25, -0.2) is 4.79 Å². The molecule has 6 heteroatoms. The molecule has 20 heavy (non-hydrogen) atoms. The van der Waals surface area contributed by atoms with Crippen molar-refractivity contribution in [2.45, 2.75) is 12.8 Å². The number of likely N-dealkylation sites (tertiary alicyclic amines) is 1. The number of rotatable bonds is 1. The van der Waals surface area contributed by atoms with Gasteiger partial charge < -0.3 is 10.2 Å². The molecule has 102 valence electrons. The normalized spacial score (nSPS) is 18.8. The second-order valence-corrected chi connectivity index (χ2v) is 4.98. The van der Waals surface area contributed by atoms with Crippen LogP contribution in [0, 0.1) is 17.2 Å². The van der Waals surface area contributed by atoms with Crippen molar-refractivity contribution < 1.29 is 4.79 Å². The number of urea groups is 1. The lowest BCUT2D eigenvalue weighted by atomic mass is 10.0. The number of amides is 2. The van der Waals surface area contributed by atoms with Crippen LogP contribution >= 0.6 is 0 Å². The summed E-state index contributed by atoms with van der Waals surface area (Å²) >= 11 is 0. The standard InChI is InChI=1S/C14H15N5O/c15-7-10-3-2-6-19(9-10)14(20)17-12-5-1-4-11-8-16-18-13(11)12/h1,4-5,8,10H,2-3,6,9H2,(H,16,18)(H,17,20)/t10-/m0/s1. The molecule has 3 rings (SSSR count). The van der Waals surface area contributed by atoms with E-state index in [0.717, 1.165) is 23.7 Å². The molecule has 1 saturated heterocycles. The van der Waals surface area contributed by atoms with Gasteiger partial charge >= 0.3 is 6.03 Å². The van der Waals surface area contributed by atoms with Gasteiger partial charge in [-0.2, -0.15) is 10.4 Å². The van der Waals surface area contributed by atoms with Crippen molar-refractivity contribution in [3.8, 4) is 6.07 Å². The van der Waals surface area contributed by atoms with Crippen molar-refractivity contribution in [1.82, 2.24) is 15.1 Å². The minimum atomic E-state index is -0.160. The molecule has 1 aliphatic rings. The van der Waals surface area contributed by atoms with E-state index in [1.54, 1.807) is 11.1 Å². The molecule has 6 nitrogen and oxygen atoms in total. The summed E-state index contributed by atoms with van der Waals surface area (Å²) < 4.78 is 0. The lowest BCUT2D eigenvalue weighted by molar-refractivity contribution is 0.189. The number of aromatic nitrogens is 2. The Morgan fingerprint density at radius 2 is 2.45 bits per heavy atom. The van der Waals surface area contributed by atoms with Gasteiger partial charge in [-0.05, 0) is 18.9 Å². The predicted octanol–water partition coefficient (Wildman–Crippen LogP) is 2.33. The van der Waals surface area contributed by atoms with Gasteiger partial charge in [0.2, 0.25) is 0 Å². The number of carbonyl (C=O) groups excluding carboxylic acids is 1. The maximum absolute atomic E-state index is 12.3. The number of nitriles is 1. The van der Waals surface area contributed by atoms with Crippen LogP contribution in [-0.2, 0) is 0 Å². The molecule has 2 heterocycles. The first-order valence-corrected chi connectivity index (χ1v) is 6.65. The first-order valence-electron chi connectivity index (χ1n) is 6.65. The SMILES string of the molecule is N#C[C@@H]1CCCN(C(=O)Nc2cccc3cn[nH]c23)C1. The number of fused-ring (bicyclic) bond motifs is 1. The smallest absolute Gasteiger partial charge is 0.321 e. The molecule has 0 saturated carbocycles. The molecular weight excluding hydrogens is 254 g/mol. The van der Waals surface area contributed by atoms with Gasteiger partial charge in [0.25, 0.3) is 0 Å². The maximum Gasteiger partial charge on any atom is 0.321 e. The van der Waals surface area contributed by atoms with Crippen LogP contribution in [0.2, 0.25) is 0 Å². The fraction of sp³-hybridized carbons (Fsp3) is 0.357. The average molecular weight is 269 g/mol. The fourth-order valence-electron chi connectivity index (χ4n) is 2.53. The van der Waals surface area contributed by atoms with E-state index in [4.69, 9.17) is 5.26 Å². The zero-order valence-electron chi connectivity index (χ0n) is 11.0. The zero-order chi connectivity index (χ0) is 13.9. The molecule has 1 atom stereocenters. The number of nitrogens with one attached hydrogen (secondary N) is 2. The van der Waals surface area contributed by atoms with Crippen LogP contribution in [0.3, 0.4) is 0 Å². The van der Waals surface area contributed by atoms with Gasteiger partial charge in [0, 0.05) is 18.5 Å². The number of aromatic amines is 1. The molecular formula is C14H15N5O. The topological polar surface area (TPSA) is 84.8 Å². The highest BCUT2D eigenvalue weighted by atomic mass is 16.2. The molecule has 0 radical (unpaired) electrons. The minimum Gasteiger partial charge on any atom is -0.323 e. The Hall–Kier alpha value is -2.55. The van der Waals surface area contributed by atoms with E-state index >= 15 is 0 Å². The average Bonchev–Trinajstić information content (AvgIpc) is 2.97. The second kappa shape index (κ2) is 5.21. The first kappa shape index (κ1) is 12.5. The number of hydrogen-bond donors (Lipinski definition) is 2. The molecule has 0 bridgehead atoms. The minimum absolute atomic E-state index is 0.0579. The van der Waals surface area contributed by atoms with Crippen molar-refractivity contribution in [2.24, 2.45) is 5.92 Å². The summed E-state index contributed by atoms with van der Waals surface area (Å²) in [4.78, 5) is 14.0. The number of anilines is 1. The van der Waals surface area contributed by atoms with E-state index in [1.807, 2.05) is 18.2 Å². The maximum atomic E-state index is 12.3. The molecule has 2 aromatic rings. The van der Waals surface area contributed by atoms with Crippen molar-refractivity contribution in [1.29, 1.82) is 5.26 Å². The highest BCUT2D eigenvalue weighted by molar-refractivity contribution is 5.99. The molecule has 1 aromatic carbocycles. The van der Waals surface area contributed by atoms with Crippen LogP contribution in [0.25, 0.3) is 10.9 Å². The van der Waals surface area contributed by atoms with Gasteiger partial charge in [-0.15, -0.1) is 0 Å². The number of hydrogen-bond acceptors (Lipinski definition) is 3. The number of benzene rings is 1. The van der Waals surface area contributed by atoms with E-state index in [0.29, 0.717) is 18.8 Å². The molecule has 2 N–H and O–H groups in total. The van der Waals surface area contributed by atoms with E-state index in [2.05, 4.69) is 21.6 Å². The van der Waals surface area contributed by atoms with Crippen molar-refractivity contribution in [3.05, 3.63) is 24.4 Å². The van der Waals surface area contributed by atoms with E-state index in [-0.39, 0.29) is 11.9 Å². The summed E-state index contributed by atoms with van der Waals surface area (Å²) in [6, 6.07) is 7.73. The van der Waals surface area contributed by atoms with Gasteiger partial charge in [0.05, 0.1) is 29.4 Å². The Bertz CT molecular complexity index is 671. The number of H-pyrrole nitrogens is 1. The number of carbonyl (C=O) groups is 1. The van der Waals surface area contributed by atoms with E-state index in [9.17, 15) is 4.79 Å². The third-order valence-corrected chi connectivity index (χ3v) is 3.61. The van der Waals surface area contributed by atoms with Crippen molar-refractivity contribution in [3.63, 3.8) is 0 Å². The van der Waals surface area contributed by atoms with Crippen LogP contribution in [0.1, 0.15) is 12.8 Å². The van der Waals surface area contributed by atoms with E-state index < -0.39 is 0 Å². The van der Waals surface area contributed by atoms with Gasteiger partial charge in [-0.1, -0.05) is 12.1 Å². The monoisotopic (exact) mass is 269 g/mol. The summed E-state index contributed by atoms with van der Waals surface area (Å²) in [6.45, 7) is 1.20. The van der Waals surface area contributed by atoms with Crippen LogP contribution in [-0.4, -0.2) is 34.2 Å². The van der Waals surface area contributed by atoms with Gasteiger partial charge in [0.15, 0.2) is 0 Å². The molecule has 0 unspecified atom stereocenters. The van der Waals surface area contributed by atoms with Gasteiger partial charge in [-0.3, -0.25) is 5.10 Å². The van der Waals surface area contributed by atoms with Crippen LogP contribution in [0.15, 0.2) is 24.4 Å².